The third kappa shape index (κ3) is 3.41. The fraction of sp³-hybridized carbons (Fsp3) is 0.579. The number of aromatic nitrogens is 2. The zero-order valence-electron chi connectivity index (χ0n) is 15.5. The van der Waals surface area contributed by atoms with Crippen LogP contribution in [0.3, 0.4) is 0 Å². The third-order valence-corrected chi connectivity index (χ3v) is 5.43. The van der Waals surface area contributed by atoms with Crippen molar-refractivity contribution in [1.29, 1.82) is 0 Å². The van der Waals surface area contributed by atoms with Gasteiger partial charge in [-0.25, -0.2) is 4.98 Å². The summed E-state index contributed by atoms with van der Waals surface area (Å²) in [6.07, 6.45) is 4.91. The Bertz CT molecular complexity index is 781. The first-order chi connectivity index (χ1) is 12.6. The lowest BCUT2D eigenvalue weighted by Crippen LogP contribution is -2.55. The normalized spacial score (nSPS) is 22.0. The molecule has 140 valence electrons. The quantitative estimate of drug-likeness (QED) is 0.878. The molecule has 0 radical (unpaired) electrons. The van der Waals surface area contributed by atoms with E-state index < -0.39 is 0 Å². The lowest BCUT2D eigenvalue weighted by atomic mass is 10.1. The van der Waals surface area contributed by atoms with Crippen LogP contribution < -0.4 is 10.2 Å². The van der Waals surface area contributed by atoms with Gasteiger partial charge in [0.05, 0.1) is 24.2 Å². The van der Waals surface area contributed by atoms with Crippen molar-refractivity contribution < 1.29 is 9.53 Å². The van der Waals surface area contributed by atoms with Crippen LogP contribution in [0.25, 0.3) is 11.0 Å². The number of imidazole rings is 1. The Morgan fingerprint density at radius 3 is 2.92 bits per heavy atom. The van der Waals surface area contributed by atoms with Crippen molar-refractivity contribution in [3.05, 3.63) is 18.2 Å². The Hall–Kier alpha value is -2.12. The van der Waals surface area contributed by atoms with Crippen LogP contribution in [0, 0.1) is 0 Å². The van der Waals surface area contributed by atoms with Gasteiger partial charge in [0.15, 0.2) is 0 Å². The van der Waals surface area contributed by atoms with Crippen molar-refractivity contribution in [3.63, 3.8) is 0 Å². The van der Waals surface area contributed by atoms with Gasteiger partial charge in [-0.3, -0.25) is 9.69 Å². The van der Waals surface area contributed by atoms with Gasteiger partial charge in [0.25, 0.3) is 0 Å². The van der Waals surface area contributed by atoms with E-state index in [1.807, 2.05) is 37.2 Å². The zero-order chi connectivity index (χ0) is 18.1. The van der Waals surface area contributed by atoms with Crippen LogP contribution in [0.15, 0.2) is 18.2 Å². The number of H-pyrrole nitrogens is 1. The molecule has 1 unspecified atom stereocenters. The van der Waals surface area contributed by atoms with Gasteiger partial charge in [-0.1, -0.05) is 12.8 Å². The number of nitrogens with one attached hydrogen (secondary N) is 2. The van der Waals surface area contributed by atoms with Gasteiger partial charge in [0.2, 0.25) is 11.9 Å². The van der Waals surface area contributed by atoms with Crippen LogP contribution in [0.4, 0.5) is 11.6 Å². The van der Waals surface area contributed by atoms with Crippen LogP contribution in [-0.2, 0) is 9.53 Å². The van der Waals surface area contributed by atoms with E-state index >= 15 is 0 Å². The number of benzene rings is 1. The standard InChI is InChI=1S/C19H27N5O2/c1-23(2)19-21-15-8-7-13(11-16(15)22-19)20-18(25)17-12-26-10-9-24(17)14-5-3-4-6-14/h7-8,11,14,17H,3-6,9-10,12H2,1-2H3,(H,20,25)(H,21,22). The number of hydrogen-bond acceptors (Lipinski definition) is 5. The molecule has 2 aromatic rings. The monoisotopic (exact) mass is 357 g/mol. The number of fused-ring (bicyclic) bond motifs is 1. The summed E-state index contributed by atoms with van der Waals surface area (Å²) in [4.78, 5) is 25.0. The Labute approximate surface area is 153 Å². The van der Waals surface area contributed by atoms with Crippen molar-refractivity contribution in [2.75, 3.05) is 44.1 Å². The molecule has 2 fully saturated rings. The highest BCUT2D eigenvalue weighted by Crippen LogP contribution is 2.27. The summed E-state index contributed by atoms with van der Waals surface area (Å²) in [7, 11) is 3.89. The highest BCUT2D eigenvalue weighted by atomic mass is 16.5. The van der Waals surface area contributed by atoms with E-state index in [1.54, 1.807) is 0 Å². The average molecular weight is 357 g/mol. The van der Waals surface area contributed by atoms with Gasteiger partial charge >= 0.3 is 0 Å². The molecule has 0 bridgehead atoms. The number of nitrogens with zero attached hydrogens (tertiary/aromatic N) is 3. The maximum Gasteiger partial charge on any atom is 0.244 e. The topological polar surface area (TPSA) is 73.5 Å². The summed E-state index contributed by atoms with van der Waals surface area (Å²) in [5, 5.41) is 3.07. The second-order valence-corrected chi connectivity index (χ2v) is 7.44. The van der Waals surface area contributed by atoms with Gasteiger partial charge in [-0.2, -0.15) is 0 Å². The first kappa shape index (κ1) is 17.3. The Kier molecular flexibility index (Phi) is 4.82. The third-order valence-electron chi connectivity index (χ3n) is 5.43. The molecule has 4 rings (SSSR count). The molecule has 26 heavy (non-hydrogen) atoms. The largest absolute Gasteiger partial charge is 0.378 e. The van der Waals surface area contributed by atoms with E-state index in [0.29, 0.717) is 19.3 Å². The predicted octanol–water partition coefficient (Wildman–Crippen LogP) is 2.21. The fourth-order valence-electron chi connectivity index (χ4n) is 4.03. The smallest absolute Gasteiger partial charge is 0.244 e. The highest BCUT2D eigenvalue weighted by Gasteiger charge is 2.35. The molecule has 7 heteroatoms. The van der Waals surface area contributed by atoms with E-state index in [0.717, 1.165) is 29.2 Å². The number of hydrogen-bond donors (Lipinski definition) is 2. The summed E-state index contributed by atoms with van der Waals surface area (Å²) in [5.41, 5.74) is 2.59. The first-order valence-electron chi connectivity index (χ1n) is 9.43. The minimum atomic E-state index is -0.207. The van der Waals surface area contributed by atoms with Gasteiger partial charge < -0.3 is 19.9 Å². The molecular weight excluding hydrogens is 330 g/mol. The Morgan fingerprint density at radius 2 is 2.15 bits per heavy atom. The lowest BCUT2D eigenvalue weighted by Gasteiger charge is -2.38. The van der Waals surface area contributed by atoms with Crippen molar-refractivity contribution in [1.82, 2.24) is 14.9 Å². The molecule has 1 saturated heterocycles. The van der Waals surface area contributed by atoms with Crippen LogP contribution in [0.1, 0.15) is 25.7 Å². The molecule has 1 atom stereocenters. The summed E-state index contributed by atoms with van der Waals surface area (Å²) in [6.45, 7) is 2.03. The van der Waals surface area contributed by atoms with E-state index in [9.17, 15) is 4.79 Å². The number of anilines is 2. The average Bonchev–Trinajstić information content (AvgIpc) is 3.31. The van der Waals surface area contributed by atoms with Crippen molar-refractivity contribution in [2.24, 2.45) is 0 Å². The zero-order valence-corrected chi connectivity index (χ0v) is 15.5. The second kappa shape index (κ2) is 7.25. The molecular formula is C19H27N5O2. The van der Waals surface area contributed by atoms with Gasteiger partial charge in [0, 0.05) is 32.4 Å². The molecule has 7 nitrogen and oxygen atoms in total. The number of ether oxygens (including phenoxy) is 1. The molecule has 1 amide bonds. The van der Waals surface area contributed by atoms with Gasteiger partial charge in [0.1, 0.15) is 6.04 Å². The Morgan fingerprint density at radius 1 is 1.35 bits per heavy atom. The molecule has 2 N–H and O–H groups in total. The van der Waals surface area contributed by atoms with Crippen LogP contribution in [-0.4, -0.2) is 66.7 Å². The SMILES string of the molecule is CN(C)c1nc2ccc(NC(=O)C3COCCN3C3CCCC3)cc2[nH]1. The minimum absolute atomic E-state index is 0.0169. The maximum absolute atomic E-state index is 12.9. The number of morpholine rings is 1. The minimum Gasteiger partial charge on any atom is -0.378 e. The maximum atomic E-state index is 12.9. The number of rotatable bonds is 4. The van der Waals surface area contributed by atoms with E-state index in [2.05, 4.69) is 20.2 Å². The number of aromatic amines is 1. The van der Waals surface area contributed by atoms with Crippen molar-refractivity contribution in [2.45, 2.75) is 37.8 Å². The molecule has 0 spiro atoms. The molecule has 1 aliphatic heterocycles. The second-order valence-electron chi connectivity index (χ2n) is 7.44. The number of carbonyl (C=O) groups excluding carboxylic acids is 1. The molecule has 2 aliphatic rings. The Balaban J connectivity index is 1.50. The van der Waals surface area contributed by atoms with Crippen LogP contribution >= 0.6 is 0 Å². The van der Waals surface area contributed by atoms with E-state index in [1.165, 1.54) is 25.7 Å². The first-order valence-corrected chi connectivity index (χ1v) is 9.43. The van der Waals surface area contributed by atoms with Crippen LogP contribution in [0.5, 0.6) is 0 Å². The molecule has 1 aromatic carbocycles. The highest BCUT2D eigenvalue weighted by molar-refractivity contribution is 5.96. The summed E-state index contributed by atoms with van der Waals surface area (Å²) in [6, 6.07) is 6.09. The van der Waals surface area contributed by atoms with E-state index in [4.69, 9.17) is 4.74 Å². The lowest BCUT2D eigenvalue weighted by molar-refractivity contribution is -0.129. The molecule has 1 aliphatic carbocycles. The molecule has 2 heterocycles. The summed E-state index contributed by atoms with van der Waals surface area (Å²) >= 11 is 0. The fourth-order valence-corrected chi connectivity index (χ4v) is 4.03. The predicted molar refractivity (Wildman–Crippen MR) is 103 cm³/mol. The van der Waals surface area contributed by atoms with Crippen molar-refractivity contribution >= 4 is 28.6 Å². The van der Waals surface area contributed by atoms with Crippen molar-refractivity contribution in [3.8, 4) is 0 Å². The van der Waals surface area contributed by atoms with Gasteiger partial charge in [-0.15, -0.1) is 0 Å². The summed E-state index contributed by atoms with van der Waals surface area (Å²) in [5.74, 6) is 0.819. The van der Waals surface area contributed by atoms with E-state index in [-0.39, 0.29) is 11.9 Å². The molecule has 1 aromatic heterocycles. The number of amides is 1. The summed E-state index contributed by atoms with van der Waals surface area (Å²) < 4.78 is 5.61. The van der Waals surface area contributed by atoms with Gasteiger partial charge in [-0.05, 0) is 31.0 Å². The molecule has 1 saturated carbocycles. The number of carbonyl (C=O) groups is 1. The van der Waals surface area contributed by atoms with Crippen LogP contribution in [0.2, 0.25) is 0 Å².